The first-order valence-corrected chi connectivity index (χ1v) is 5.29. The topological polar surface area (TPSA) is 70.5 Å². The molecule has 1 atom stereocenters. The summed E-state index contributed by atoms with van der Waals surface area (Å²) in [5.74, 6) is -1.04. The maximum atomic E-state index is 11.1. The van der Waals surface area contributed by atoms with E-state index in [1.54, 1.807) is 19.4 Å². The van der Waals surface area contributed by atoms with Crippen molar-refractivity contribution in [3.05, 3.63) is 16.6 Å². The summed E-state index contributed by atoms with van der Waals surface area (Å²) < 4.78 is 0. The lowest BCUT2D eigenvalue weighted by Crippen LogP contribution is -2.37. The van der Waals surface area contributed by atoms with Crippen molar-refractivity contribution in [3.8, 4) is 0 Å². The number of thiazole rings is 1. The number of rotatable bonds is 5. The maximum Gasteiger partial charge on any atom is 0.332 e. The molecule has 1 heterocycles. The van der Waals surface area contributed by atoms with E-state index in [-0.39, 0.29) is 6.04 Å². The third kappa shape index (κ3) is 2.53. The van der Waals surface area contributed by atoms with Crippen LogP contribution < -0.4 is 0 Å². The summed E-state index contributed by atoms with van der Waals surface area (Å²) in [6.07, 6.45) is 2.03. The lowest BCUT2D eigenvalue weighted by atomic mass is 10.2. The minimum atomic E-state index is -1.04. The van der Waals surface area contributed by atoms with E-state index in [1.165, 1.54) is 22.4 Å². The van der Waals surface area contributed by atoms with Crippen LogP contribution in [0.4, 0.5) is 0 Å². The van der Waals surface area contributed by atoms with Crippen LogP contribution in [0.15, 0.2) is 11.7 Å². The molecule has 1 aromatic rings. The van der Waals surface area contributed by atoms with Gasteiger partial charge in [0.05, 0.1) is 10.4 Å². The highest BCUT2D eigenvalue weighted by atomic mass is 32.1. The summed E-state index contributed by atoms with van der Waals surface area (Å²) in [6, 6.07) is -1.10. The molecule has 0 saturated carbocycles. The van der Waals surface area contributed by atoms with Gasteiger partial charge in [0.2, 0.25) is 6.41 Å². The number of hydrogen-bond acceptors (Lipinski definition) is 4. The molecule has 0 aliphatic rings. The highest BCUT2D eigenvalue weighted by Crippen LogP contribution is 2.24. The average Bonchev–Trinajstić information content (AvgIpc) is 2.64. The molecule has 1 aromatic heterocycles. The average molecular weight is 228 g/mol. The van der Waals surface area contributed by atoms with E-state index in [2.05, 4.69) is 4.98 Å². The zero-order valence-corrected chi connectivity index (χ0v) is 9.27. The van der Waals surface area contributed by atoms with E-state index >= 15 is 0 Å². The van der Waals surface area contributed by atoms with Crippen molar-refractivity contribution in [2.45, 2.75) is 25.9 Å². The van der Waals surface area contributed by atoms with E-state index in [1.807, 2.05) is 0 Å². The predicted molar refractivity (Wildman–Crippen MR) is 55.5 cm³/mol. The standard InChI is InChI=1S/C9H12N2O3S/c1-6(2)11(5-12)8(9(13)14)7-3-10-4-15-7/h3-6,8H,1-2H3,(H,13,14). The summed E-state index contributed by atoms with van der Waals surface area (Å²) in [6.45, 7) is 3.54. The van der Waals surface area contributed by atoms with E-state index < -0.39 is 12.0 Å². The van der Waals surface area contributed by atoms with Gasteiger partial charge in [0.15, 0.2) is 6.04 Å². The Morgan fingerprint density at radius 3 is 2.67 bits per heavy atom. The maximum absolute atomic E-state index is 11.1. The SMILES string of the molecule is CC(C)N(C=O)C(C(=O)O)c1cncs1. The monoisotopic (exact) mass is 228 g/mol. The summed E-state index contributed by atoms with van der Waals surface area (Å²) in [7, 11) is 0. The molecule has 0 saturated heterocycles. The summed E-state index contributed by atoms with van der Waals surface area (Å²) >= 11 is 1.23. The van der Waals surface area contributed by atoms with Crippen LogP contribution in [0.2, 0.25) is 0 Å². The van der Waals surface area contributed by atoms with Crippen LogP contribution in [0.25, 0.3) is 0 Å². The summed E-state index contributed by atoms with van der Waals surface area (Å²) in [4.78, 5) is 27.5. The van der Waals surface area contributed by atoms with Gasteiger partial charge >= 0.3 is 5.97 Å². The molecule has 1 amide bonds. The molecule has 5 nitrogen and oxygen atoms in total. The number of carboxylic acids is 1. The second-order valence-corrected chi connectivity index (χ2v) is 4.21. The van der Waals surface area contributed by atoms with Crippen molar-refractivity contribution >= 4 is 23.7 Å². The molecule has 6 heteroatoms. The fourth-order valence-corrected chi connectivity index (χ4v) is 1.95. The molecule has 1 rings (SSSR count). The second kappa shape index (κ2) is 4.88. The molecular formula is C9H12N2O3S. The van der Waals surface area contributed by atoms with Crippen LogP contribution in [-0.4, -0.2) is 33.4 Å². The smallest absolute Gasteiger partial charge is 0.332 e. The van der Waals surface area contributed by atoms with Gasteiger partial charge in [-0.2, -0.15) is 0 Å². The number of nitrogens with zero attached hydrogens (tertiary/aromatic N) is 2. The molecule has 0 aliphatic carbocycles. The van der Waals surface area contributed by atoms with Crippen molar-refractivity contribution in [2.24, 2.45) is 0 Å². The first-order chi connectivity index (χ1) is 7.07. The van der Waals surface area contributed by atoms with Crippen molar-refractivity contribution in [2.75, 3.05) is 0 Å². The number of carbonyl (C=O) groups is 2. The van der Waals surface area contributed by atoms with Gasteiger partial charge in [-0.05, 0) is 13.8 Å². The normalized spacial score (nSPS) is 12.5. The Bertz CT molecular complexity index is 337. The minimum absolute atomic E-state index is 0.161. The van der Waals surface area contributed by atoms with E-state index in [0.29, 0.717) is 11.3 Å². The molecule has 15 heavy (non-hydrogen) atoms. The fourth-order valence-electron chi connectivity index (χ4n) is 1.24. The third-order valence-electron chi connectivity index (χ3n) is 1.97. The number of amides is 1. The molecule has 0 bridgehead atoms. The van der Waals surface area contributed by atoms with Crippen LogP contribution in [0.1, 0.15) is 24.8 Å². The quantitative estimate of drug-likeness (QED) is 0.767. The molecule has 0 aliphatic heterocycles. The molecule has 1 N–H and O–H groups in total. The predicted octanol–water partition coefficient (Wildman–Crippen LogP) is 1.14. The van der Waals surface area contributed by atoms with Gasteiger partial charge in [0.1, 0.15) is 0 Å². The van der Waals surface area contributed by atoms with Crippen molar-refractivity contribution < 1.29 is 14.7 Å². The molecule has 0 radical (unpaired) electrons. The van der Waals surface area contributed by atoms with Crippen molar-refractivity contribution in [1.29, 1.82) is 0 Å². The first kappa shape index (κ1) is 11.6. The third-order valence-corrected chi connectivity index (χ3v) is 2.80. The summed E-state index contributed by atoms with van der Waals surface area (Å²) in [5, 5.41) is 9.07. The van der Waals surface area contributed by atoms with Gasteiger partial charge in [0.25, 0.3) is 0 Å². The molecule has 1 unspecified atom stereocenters. The Morgan fingerprint density at radius 2 is 2.33 bits per heavy atom. The van der Waals surface area contributed by atoms with Crippen LogP contribution in [-0.2, 0) is 9.59 Å². The highest BCUT2D eigenvalue weighted by molar-refractivity contribution is 7.09. The zero-order chi connectivity index (χ0) is 11.4. The molecule has 0 fully saturated rings. The van der Waals surface area contributed by atoms with Gasteiger partial charge in [-0.3, -0.25) is 9.78 Å². The number of aromatic nitrogens is 1. The lowest BCUT2D eigenvalue weighted by Gasteiger charge is -2.27. The molecular weight excluding hydrogens is 216 g/mol. The van der Waals surface area contributed by atoms with Gasteiger partial charge in [-0.25, -0.2) is 4.79 Å². The number of carbonyl (C=O) groups excluding carboxylic acids is 1. The van der Waals surface area contributed by atoms with Gasteiger partial charge < -0.3 is 10.0 Å². The Labute approximate surface area is 91.4 Å². The largest absolute Gasteiger partial charge is 0.479 e. The van der Waals surface area contributed by atoms with E-state index in [0.717, 1.165) is 0 Å². The lowest BCUT2D eigenvalue weighted by molar-refractivity contribution is -0.147. The Balaban J connectivity index is 3.02. The van der Waals surface area contributed by atoms with E-state index in [9.17, 15) is 9.59 Å². The Kier molecular flexibility index (Phi) is 3.79. The molecule has 0 spiro atoms. The van der Waals surface area contributed by atoms with Crippen LogP contribution in [0.5, 0.6) is 0 Å². The summed E-state index contributed by atoms with van der Waals surface area (Å²) in [5.41, 5.74) is 1.55. The van der Waals surface area contributed by atoms with Crippen LogP contribution >= 0.6 is 11.3 Å². The van der Waals surface area contributed by atoms with Gasteiger partial charge in [0, 0.05) is 12.2 Å². The highest BCUT2D eigenvalue weighted by Gasteiger charge is 2.29. The van der Waals surface area contributed by atoms with Crippen molar-refractivity contribution in [3.63, 3.8) is 0 Å². The molecule has 0 aromatic carbocycles. The minimum Gasteiger partial charge on any atom is -0.479 e. The van der Waals surface area contributed by atoms with Crippen LogP contribution in [0, 0.1) is 0 Å². The van der Waals surface area contributed by atoms with E-state index in [4.69, 9.17) is 5.11 Å². The van der Waals surface area contributed by atoms with Gasteiger partial charge in [-0.1, -0.05) is 0 Å². The van der Waals surface area contributed by atoms with Crippen molar-refractivity contribution in [1.82, 2.24) is 9.88 Å². The molecule has 82 valence electrons. The van der Waals surface area contributed by atoms with Crippen LogP contribution in [0.3, 0.4) is 0 Å². The number of hydrogen-bond donors (Lipinski definition) is 1. The zero-order valence-electron chi connectivity index (χ0n) is 8.45. The second-order valence-electron chi connectivity index (χ2n) is 3.29. The van der Waals surface area contributed by atoms with Gasteiger partial charge in [-0.15, -0.1) is 11.3 Å². The number of aliphatic carboxylic acids is 1. The Morgan fingerprint density at radius 1 is 1.67 bits per heavy atom. The number of carboxylic acid groups (broad SMARTS) is 1. The fraction of sp³-hybridized carbons (Fsp3) is 0.444. The Hall–Kier alpha value is -1.43. The first-order valence-electron chi connectivity index (χ1n) is 4.41.